The first-order valence-electron chi connectivity index (χ1n) is 6.44. The predicted octanol–water partition coefficient (Wildman–Crippen LogP) is 4.85. The van der Waals surface area contributed by atoms with Crippen molar-refractivity contribution in [2.75, 3.05) is 7.05 Å². The molecule has 20 heavy (non-hydrogen) atoms. The van der Waals surface area contributed by atoms with Gasteiger partial charge in [0.05, 0.1) is 10.0 Å². The summed E-state index contributed by atoms with van der Waals surface area (Å²) in [7, 11) is 1.94. The van der Waals surface area contributed by atoms with E-state index in [2.05, 4.69) is 24.4 Å². The van der Waals surface area contributed by atoms with Crippen molar-refractivity contribution in [2.45, 2.75) is 19.6 Å². The molecule has 0 aliphatic rings. The molecule has 0 heterocycles. The Kier molecular flexibility index (Phi) is 5.30. The molecule has 0 aliphatic carbocycles. The van der Waals surface area contributed by atoms with Crippen LogP contribution in [0.2, 0.25) is 10.0 Å². The Bertz CT molecular complexity index is 569. The molecule has 0 aromatic heterocycles. The van der Waals surface area contributed by atoms with Crippen LogP contribution in [0.3, 0.4) is 0 Å². The highest BCUT2D eigenvalue weighted by atomic mass is 35.5. The van der Waals surface area contributed by atoms with Gasteiger partial charge in [0.15, 0.2) is 0 Å². The van der Waals surface area contributed by atoms with Crippen molar-refractivity contribution in [3.63, 3.8) is 0 Å². The van der Waals surface area contributed by atoms with Crippen LogP contribution in [0.1, 0.15) is 24.1 Å². The maximum absolute atomic E-state index is 5.97. The van der Waals surface area contributed by atoms with Crippen LogP contribution in [0.25, 0.3) is 0 Å². The van der Waals surface area contributed by atoms with Gasteiger partial charge in [-0.05, 0) is 49.4 Å². The van der Waals surface area contributed by atoms with Crippen LogP contribution >= 0.6 is 23.2 Å². The third-order valence-electron chi connectivity index (χ3n) is 3.20. The molecule has 2 aromatic carbocycles. The highest BCUT2D eigenvalue weighted by Gasteiger charge is 2.03. The Labute approximate surface area is 129 Å². The fourth-order valence-electron chi connectivity index (χ4n) is 1.82. The summed E-state index contributed by atoms with van der Waals surface area (Å²) >= 11 is 11.9. The maximum atomic E-state index is 5.97. The molecule has 0 saturated heterocycles. The Morgan fingerprint density at radius 1 is 1.05 bits per heavy atom. The normalized spacial score (nSPS) is 12.2. The molecule has 0 fully saturated rings. The average Bonchev–Trinajstić information content (AvgIpc) is 2.48. The zero-order chi connectivity index (χ0) is 14.5. The second-order valence-electron chi connectivity index (χ2n) is 4.62. The maximum Gasteiger partial charge on any atom is 0.119 e. The van der Waals surface area contributed by atoms with Gasteiger partial charge in [-0.3, -0.25) is 0 Å². The van der Waals surface area contributed by atoms with Crippen LogP contribution < -0.4 is 10.1 Å². The van der Waals surface area contributed by atoms with Crippen LogP contribution in [-0.2, 0) is 6.61 Å². The second kappa shape index (κ2) is 6.98. The molecule has 2 rings (SSSR count). The lowest BCUT2D eigenvalue weighted by atomic mass is 10.1. The van der Waals surface area contributed by atoms with Crippen molar-refractivity contribution in [1.82, 2.24) is 5.32 Å². The van der Waals surface area contributed by atoms with E-state index in [1.54, 1.807) is 6.07 Å². The van der Waals surface area contributed by atoms with Gasteiger partial charge < -0.3 is 10.1 Å². The number of hydrogen-bond acceptors (Lipinski definition) is 2. The molecule has 106 valence electrons. The molecule has 2 aromatic rings. The van der Waals surface area contributed by atoms with E-state index in [4.69, 9.17) is 27.9 Å². The minimum atomic E-state index is 0.333. The molecule has 0 spiro atoms. The van der Waals surface area contributed by atoms with Crippen molar-refractivity contribution in [1.29, 1.82) is 0 Å². The first-order chi connectivity index (χ1) is 9.60. The number of benzene rings is 2. The summed E-state index contributed by atoms with van der Waals surface area (Å²) in [6, 6.07) is 13.9. The molecule has 4 heteroatoms. The van der Waals surface area contributed by atoms with E-state index in [0.29, 0.717) is 22.7 Å². The molecule has 2 nitrogen and oxygen atoms in total. The summed E-state index contributed by atoms with van der Waals surface area (Å²) in [4.78, 5) is 0. The van der Waals surface area contributed by atoms with Crippen LogP contribution in [-0.4, -0.2) is 7.05 Å². The van der Waals surface area contributed by atoms with Crippen molar-refractivity contribution >= 4 is 23.2 Å². The SMILES string of the molecule is CNC(C)c1ccc(OCc2ccc(Cl)c(Cl)c2)cc1. The number of halogens is 2. The fourth-order valence-corrected chi connectivity index (χ4v) is 2.14. The van der Waals surface area contributed by atoms with Gasteiger partial charge in [0.1, 0.15) is 12.4 Å². The quantitative estimate of drug-likeness (QED) is 0.852. The van der Waals surface area contributed by atoms with E-state index in [0.717, 1.165) is 11.3 Å². The Morgan fingerprint density at radius 3 is 2.35 bits per heavy atom. The van der Waals surface area contributed by atoms with E-state index in [1.165, 1.54) is 5.56 Å². The third kappa shape index (κ3) is 3.89. The molecular weight excluding hydrogens is 293 g/mol. The molecule has 1 N–H and O–H groups in total. The minimum absolute atomic E-state index is 0.333. The van der Waals surface area contributed by atoms with E-state index < -0.39 is 0 Å². The largest absolute Gasteiger partial charge is 0.489 e. The smallest absolute Gasteiger partial charge is 0.119 e. The fraction of sp³-hybridized carbons (Fsp3) is 0.250. The average molecular weight is 310 g/mol. The lowest BCUT2D eigenvalue weighted by molar-refractivity contribution is 0.306. The van der Waals surface area contributed by atoms with Crippen molar-refractivity contribution < 1.29 is 4.74 Å². The number of ether oxygens (including phenoxy) is 1. The zero-order valence-electron chi connectivity index (χ0n) is 11.5. The highest BCUT2D eigenvalue weighted by Crippen LogP contribution is 2.24. The molecule has 0 amide bonds. The van der Waals surface area contributed by atoms with Gasteiger partial charge in [-0.2, -0.15) is 0 Å². The molecule has 1 unspecified atom stereocenters. The summed E-state index contributed by atoms with van der Waals surface area (Å²) in [6.45, 7) is 2.59. The first kappa shape index (κ1) is 15.2. The number of hydrogen-bond donors (Lipinski definition) is 1. The van der Waals surface area contributed by atoms with Gasteiger partial charge in [-0.25, -0.2) is 0 Å². The Morgan fingerprint density at radius 2 is 1.75 bits per heavy atom. The van der Waals surface area contributed by atoms with Gasteiger partial charge in [0, 0.05) is 6.04 Å². The molecule has 0 bridgehead atoms. The summed E-state index contributed by atoms with van der Waals surface area (Å²) < 4.78 is 5.73. The van der Waals surface area contributed by atoms with Crippen LogP contribution in [0.15, 0.2) is 42.5 Å². The molecular formula is C16H17Cl2NO. The predicted molar refractivity (Wildman–Crippen MR) is 84.7 cm³/mol. The van der Waals surface area contributed by atoms with Gasteiger partial charge in [0.25, 0.3) is 0 Å². The lowest BCUT2D eigenvalue weighted by Crippen LogP contribution is -2.11. The summed E-state index contributed by atoms with van der Waals surface area (Å²) in [5.41, 5.74) is 2.22. The van der Waals surface area contributed by atoms with Gasteiger partial charge in [-0.15, -0.1) is 0 Å². The zero-order valence-corrected chi connectivity index (χ0v) is 13.0. The molecule has 0 radical (unpaired) electrons. The summed E-state index contributed by atoms with van der Waals surface area (Å²) in [6.07, 6.45) is 0. The van der Waals surface area contributed by atoms with Crippen molar-refractivity contribution in [3.8, 4) is 5.75 Å². The molecule has 0 saturated carbocycles. The monoisotopic (exact) mass is 309 g/mol. The van der Waals surface area contributed by atoms with Gasteiger partial charge in [-0.1, -0.05) is 41.4 Å². The first-order valence-corrected chi connectivity index (χ1v) is 7.19. The summed E-state index contributed by atoms with van der Waals surface area (Å²) in [5, 5.41) is 4.31. The van der Waals surface area contributed by atoms with E-state index in [9.17, 15) is 0 Å². The van der Waals surface area contributed by atoms with E-state index >= 15 is 0 Å². The second-order valence-corrected chi connectivity index (χ2v) is 5.43. The van der Waals surface area contributed by atoms with Crippen molar-refractivity contribution in [2.24, 2.45) is 0 Å². The molecule has 0 aliphatic heterocycles. The third-order valence-corrected chi connectivity index (χ3v) is 3.94. The highest BCUT2D eigenvalue weighted by molar-refractivity contribution is 6.42. The Hall–Kier alpha value is -1.22. The minimum Gasteiger partial charge on any atom is -0.489 e. The van der Waals surface area contributed by atoms with Crippen molar-refractivity contribution in [3.05, 3.63) is 63.6 Å². The molecule has 1 atom stereocenters. The van der Waals surface area contributed by atoms with Gasteiger partial charge >= 0.3 is 0 Å². The lowest BCUT2D eigenvalue weighted by Gasteiger charge is -2.12. The van der Waals surface area contributed by atoms with E-state index in [-0.39, 0.29) is 0 Å². The standard InChI is InChI=1S/C16H17Cl2NO/c1-11(19-2)13-4-6-14(7-5-13)20-10-12-3-8-15(17)16(18)9-12/h3-9,11,19H,10H2,1-2H3. The Balaban J connectivity index is 1.98. The number of nitrogens with one attached hydrogen (secondary N) is 1. The summed E-state index contributed by atoms with van der Waals surface area (Å²) in [5.74, 6) is 0.836. The topological polar surface area (TPSA) is 21.3 Å². The van der Waals surface area contributed by atoms with Crippen LogP contribution in [0.5, 0.6) is 5.75 Å². The van der Waals surface area contributed by atoms with Crippen LogP contribution in [0.4, 0.5) is 0 Å². The number of rotatable bonds is 5. The van der Waals surface area contributed by atoms with E-state index in [1.807, 2.05) is 31.3 Å². The van der Waals surface area contributed by atoms with Crippen LogP contribution in [0, 0.1) is 0 Å². The van der Waals surface area contributed by atoms with Gasteiger partial charge in [0.2, 0.25) is 0 Å².